The van der Waals surface area contributed by atoms with Gasteiger partial charge in [-0.2, -0.15) is 4.37 Å². The van der Waals surface area contributed by atoms with Gasteiger partial charge < -0.3 is 5.73 Å². The first-order valence-electron chi connectivity index (χ1n) is 6.42. The molecule has 0 radical (unpaired) electrons. The molecule has 0 saturated heterocycles. The highest BCUT2D eigenvalue weighted by Crippen LogP contribution is 2.24. The van der Waals surface area contributed by atoms with Crippen molar-refractivity contribution in [3.8, 4) is 5.69 Å². The van der Waals surface area contributed by atoms with E-state index in [1.165, 1.54) is 11.5 Å². The van der Waals surface area contributed by atoms with Gasteiger partial charge in [-0.25, -0.2) is 0 Å². The summed E-state index contributed by atoms with van der Waals surface area (Å²) >= 11 is 1.34. The Labute approximate surface area is 120 Å². The number of rotatable bonds is 2. The molecule has 2 N–H and O–H groups in total. The second kappa shape index (κ2) is 4.85. The van der Waals surface area contributed by atoms with Crippen LogP contribution < -0.4 is 11.3 Å². The predicted molar refractivity (Wildman–Crippen MR) is 82.6 cm³/mol. The first kappa shape index (κ1) is 13.0. The Morgan fingerprint density at radius 2 is 2.00 bits per heavy atom. The predicted octanol–water partition coefficient (Wildman–Crippen LogP) is 2.78. The number of aryl methyl sites for hydroxylation is 1. The van der Waals surface area contributed by atoms with Crippen LogP contribution in [0, 0.1) is 6.92 Å². The lowest BCUT2D eigenvalue weighted by Gasteiger charge is -2.16. The molecule has 102 valence electrons. The second-order valence-electron chi connectivity index (χ2n) is 4.84. The maximum atomic E-state index is 12.8. The number of hydrogen-bond donors (Lipinski definition) is 1. The molecule has 0 spiro atoms. The molecule has 3 rings (SSSR count). The van der Waals surface area contributed by atoms with Crippen molar-refractivity contribution in [3.63, 3.8) is 0 Å². The molecule has 2 aromatic heterocycles. The van der Waals surface area contributed by atoms with Gasteiger partial charge in [0, 0.05) is 17.4 Å². The van der Waals surface area contributed by atoms with Crippen LogP contribution in [0.5, 0.6) is 0 Å². The standard InChI is InChI=1S/C15H15N3OS/c1-9(16)12-8-13-14(10(2)17-20-13)15(19)18(12)11-6-4-3-5-7-11/h3-9H,16H2,1-2H3. The van der Waals surface area contributed by atoms with Crippen LogP contribution in [0.15, 0.2) is 41.2 Å². The first-order valence-corrected chi connectivity index (χ1v) is 7.20. The van der Waals surface area contributed by atoms with Gasteiger partial charge in [0.25, 0.3) is 5.56 Å². The number of nitrogens with zero attached hydrogens (tertiary/aromatic N) is 2. The molecule has 0 aliphatic heterocycles. The molecule has 0 aliphatic carbocycles. The molecule has 0 bridgehead atoms. The van der Waals surface area contributed by atoms with E-state index in [0.29, 0.717) is 5.39 Å². The lowest BCUT2D eigenvalue weighted by atomic mass is 10.1. The van der Waals surface area contributed by atoms with E-state index in [-0.39, 0.29) is 11.6 Å². The van der Waals surface area contributed by atoms with Crippen LogP contribution in [0.1, 0.15) is 24.4 Å². The summed E-state index contributed by atoms with van der Waals surface area (Å²) in [5.74, 6) is 0. The van der Waals surface area contributed by atoms with Crippen molar-refractivity contribution in [2.75, 3.05) is 0 Å². The molecule has 0 aliphatic rings. The summed E-state index contributed by atoms with van der Waals surface area (Å²) in [5, 5.41) is 0.684. The van der Waals surface area contributed by atoms with Gasteiger partial charge in [-0.15, -0.1) is 0 Å². The quantitative estimate of drug-likeness (QED) is 0.787. The second-order valence-corrected chi connectivity index (χ2v) is 5.65. The van der Waals surface area contributed by atoms with Crippen molar-refractivity contribution in [1.82, 2.24) is 8.94 Å². The van der Waals surface area contributed by atoms with Gasteiger partial charge in [0.2, 0.25) is 0 Å². The third-order valence-corrected chi connectivity index (χ3v) is 4.21. The Morgan fingerprint density at radius 1 is 1.30 bits per heavy atom. The molecule has 3 aromatic rings. The zero-order valence-corrected chi connectivity index (χ0v) is 12.1. The molecule has 5 heteroatoms. The maximum absolute atomic E-state index is 12.8. The fraction of sp³-hybridized carbons (Fsp3) is 0.200. The summed E-state index contributed by atoms with van der Waals surface area (Å²) in [5.41, 5.74) is 8.40. The van der Waals surface area contributed by atoms with Gasteiger partial charge in [0.05, 0.1) is 15.8 Å². The number of pyridine rings is 1. The number of para-hydroxylation sites is 1. The van der Waals surface area contributed by atoms with Gasteiger partial charge in [-0.3, -0.25) is 9.36 Å². The summed E-state index contributed by atoms with van der Waals surface area (Å²) in [6, 6.07) is 11.3. The number of nitrogens with two attached hydrogens (primary N) is 1. The highest BCUT2D eigenvalue weighted by atomic mass is 32.1. The average molecular weight is 285 g/mol. The van der Waals surface area contributed by atoms with Crippen LogP contribution in [0.2, 0.25) is 0 Å². The topological polar surface area (TPSA) is 60.9 Å². The van der Waals surface area contributed by atoms with Crippen molar-refractivity contribution >= 4 is 21.6 Å². The van der Waals surface area contributed by atoms with Crippen molar-refractivity contribution < 1.29 is 0 Å². The molecule has 1 atom stereocenters. The monoisotopic (exact) mass is 285 g/mol. The number of benzene rings is 1. The van der Waals surface area contributed by atoms with Gasteiger partial charge in [0.1, 0.15) is 0 Å². The zero-order chi connectivity index (χ0) is 14.3. The highest BCUT2D eigenvalue weighted by Gasteiger charge is 2.16. The molecule has 0 amide bonds. The Bertz CT molecular complexity index is 818. The minimum Gasteiger partial charge on any atom is -0.323 e. The molecule has 0 saturated carbocycles. The Morgan fingerprint density at radius 3 is 2.65 bits per heavy atom. The van der Waals surface area contributed by atoms with E-state index in [0.717, 1.165) is 21.8 Å². The molecule has 20 heavy (non-hydrogen) atoms. The average Bonchev–Trinajstić information content (AvgIpc) is 2.81. The highest BCUT2D eigenvalue weighted by molar-refractivity contribution is 7.13. The minimum atomic E-state index is -0.227. The number of aromatic nitrogens is 2. The maximum Gasteiger partial charge on any atom is 0.266 e. The third-order valence-electron chi connectivity index (χ3n) is 3.32. The van der Waals surface area contributed by atoms with Gasteiger partial charge in [-0.05, 0) is 43.6 Å². The lowest BCUT2D eigenvalue weighted by Crippen LogP contribution is -2.25. The summed E-state index contributed by atoms with van der Waals surface area (Å²) in [4.78, 5) is 12.8. The van der Waals surface area contributed by atoms with E-state index in [9.17, 15) is 4.79 Å². The normalized spacial score (nSPS) is 12.8. The van der Waals surface area contributed by atoms with Crippen molar-refractivity contribution in [2.45, 2.75) is 19.9 Å². The van der Waals surface area contributed by atoms with E-state index < -0.39 is 0 Å². The molecular formula is C15H15N3OS. The summed E-state index contributed by atoms with van der Waals surface area (Å²) < 4.78 is 6.86. The SMILES string of the molecule is Cc1nsc2cc(C(C)N)n(-c3ccccc3)c(=O)c12. The van der Waals surface area contributed by atoms with E-state index in [1.807, 2.05) is 50.2 Å². The van der Waals surface area contributed by atoms with E-state index in [4.69, 9.17) is 5.73 Å². The van der Waals surface area contributed by atoms with E-state index >= 15 is 0 Å². The summed E-state index contributed by atoms with van der Waals surface area (Å²) in [7, 11) is 0. The van der Waals surface area contributed by atoms with Crippen LogP contribution in [0.25, 0.3) is 15.8 Å². The third kappa shape index (κ3) is 1.95. The van der Waals surface area contributed by atoms with Crippen LogP contribution in [-0.4, -0.2) is 8.94 Å². The van der Waals surface area contributed by atoms with Crippen LogP contribution in [-0.2, 0) is 0 Å². The van der Waals surface area contributed by atoms with E-state index in [2.05, 4.69) is 4.37 Å². The Balaban J connectivity index is 2.45. The smallest absolute Gasteiger partial charge is 0.266 e. The van der Waals surface area contributed by atoms with Crippen LogP contribution in [0.4, 0.5) is 0 Å². The fourth-order valence-electron chi connectivity index (χ4n) is 2.35. The number of hydrogen-bond acceptors (Lipinski definition) is 4. The molecular weight excluding hydrogens is 270 g/mol. The van der Waals surface area contributed by atoms with Crippen molar-refractivity contribution in [3.05, 3.63) is 58.1 Å². The summed E-state index contributed by atoms with van der Waals surface area (Å²) in [6.07, 6.45) is 0. The molecule has 2 heterocycles. The van der Waals surface area contributed by atoms with Gasteiger partial charge in [0.15, 0.2) is 0 Å². The van der Waals surface area contributed by atoms with Crippen molar-refractivity contribution in [2.24, 2.45) is 5.73 Å². The van der Waals surface area contributed by atoms with Gasteiger partial charge in [-0.1, -0.05) is 18.2 Å². The van der Waals surface area contributed by atoms with Gasteiger partial charge >= 0.3 is 0 Å². The lowest BCUT2D eigenvalue weighted by molar-refractivity contribution is 0.734. The zero-order valence-electron chi connectivity index (χ0n) is 11.3. The van der Waals surface area contributed by atoms with Crippen molar-refractivity contribution in [1.29, 1.82) is 0 Å². The summed E-state index contributed by atoms with van der Waals surface area (Å²) in [6.45, 7) is 3.75. The minimum absolute atomic E-state index is 0.0488. The fourth-order valence-corrected chi connectivity index (χ4v) is 3.18. The van der Waals surface area contributed by atoms with Crippen LogP contribution in [0.3, 0.4) is 0 Å². The van der Waals surface area contributed by atoms with Crippen LogP contribution >= 0.6 is 11.5 Å². The largest absolute Gasteiger partial charge is 0.323 e. The first-order chi connectivity index (χ1) is 9.59. The van der Waals surface area contributed by atoms with E-state index in [1.54, 1.807) is 4.57 Å². The Kier molecular flexibility index (Phi) is 3.16. The Hall–Kier alpha value is -1.98. The molecule has 1 unspecified atom stereocenters. The molecule has 4 nitrogen and oxygen atoms in total. The molecule has 1 aromatic carbocycles. The number of fused-ring (bicyclic) bond motifs is 1. The molecule has 0 fully saturated rings.